The van der Waals surface area contributed by atoms with Crippen LogP contribution in [0.2, 0.25) is 0 Å². The number of halogens is 1. The summed E-state index contributed by atoms with van der Waals surface area (Å²) in [7, 11) is 0. The first-order chi connectivity index (χ1) is 12.0. The van der Waals surface area contributed by atoms with Crippen molar-refractivity contribution in [1.82, 2.24) is 5.32 Å². The Bertz CT molecular complexity index is 653. The highest BCUT2D eigenvalue weighted by Crippen LogP contribution is 2.29. The number of nitrogens with one attached hydrogen (secondary N) is 1. The molecule has 3 N–H and O–H groups in total. The number of anilines is 2. The molecule has 25 heavy (non-hydrogen) atoms. The molecule has 2 fully saturated rings. The van der Waals surface area contributed by atoms with Crippen molar-refractivity contribution >= 4 is 46.6 Å². The van der Waals surface area contributed by atoms with Gasteiger partial charge in [-0.25, -0.2) is 9.18 Å². The monoisotopic (exact) mass is 384 g/mol. The number of amides is 1. The van der Waals surface area contributed by atoms with Crippen LogP contribution in [0.3, 0.4) is 0 Å². The van der Waals surface area contributed by atoms with Gasteiger partial charge in [-0.2, -0.15) is 11.8 Å². The second-order valence-corrected chi connectivity index (χ2v) is 7.61. The van der Waals surface area contributed by atoms with E-state index < -0.39 is 6.09 Å². The summed E-state index contributed by atoms with van der Waals surface area (Å²) in [5.74, 6) is 1.79. The lowest BCUT2D eigenvalue weighted by atomic mass is 10.2. The third kappa shape index (κ3) is 4.46. The highest BCUT2D eigenvalue weighted by Gasteiger charge is 2.32. The number of thiocarbonyl (C=S) groups is 1. The van der Waals surface area contributed by atoms with E-state index in [9.17, 15) is 9.18 Å². The van der Waals surface area contributed by atoms with Crippen molar-refractivity contribution in [3.63, 3.8) is 0 Å². The van der Waals surface area contributed by atoms with Crippen LogP contribution in [0.15, 0.2) is 18.2 Å². The highest BCUT2D eigenvalue weighted by molar-refractivity contribution is 7.99. The van der Waals surface area contributed by atoms with Crippen LogP contribution in [0.25, 0.3) is 0 Å². The second kappa shape index (κ2) is 8.09. The van der Waals surface area contributed by atoms with Crippen LogP contribution in [0.1, 0.15) is 6.42 Å². The number of thioether (sulfide) groups is 1. The number of nitrogens with zero attached hydrogens (tertiary/aromatic N) is 2. The predicted molar refractivity (Wildman–Crippen MR) is 103 cm³/mol. The molecule has 6 nitrogen and oxygen atoms in total. The molecule has 0 aromatic heterocycles. The van der Waals surface area contributed by atoms with Crippen LogP contribution < -0.4 is 20.9 Å². The number of cyclic esters (lactones) is 1. The fourth-order valence-electron chi connectivity index (χ4n) is 2.96. The van der Waals surface area contributed by atoms with E-state index in [1.54, 1.807) is 12.1 Å². The first-order valence-electron chi connectivity index (χ1n) is 8.18. The normalized spacial score (nSPS) is 21.0. The molecule has 2 heterocycles. The number of nitrogens with two attached hydrogens (primary N) is 1. The fourth-order valence-corrected chi connectivity index (χ4v) is 3.93. The molecule has 0 saturated carbocycles. The van der Waals surface area contributed by atoms with Crippen LogP contribution in [0.4, 0.5) is 20.6 Å². The van der Waals surface area contributed by atoms with Gasteiger partial charge in [-0.3, -0.25) is 4.90 Å². The molecular weight excluding hydrogens is 363 g/mol. The van der Waals surface area contributed by atoms with Crippen LogP contribution in [0.5, 0.6) is 0 Å². The fraction of sp³-hybridized carbons (Fsp3) is 0.500. The first kappa shape index (κ1) is 18.1. The van der Waals surface area contributed by atoms with Crippen LogP contribution >= 0.6 is 24.0 Å². The molecule has 0 aliphatic carbocycles. The van der Waals surface area contributed by atoms with Crippen LogP contribution in [0, 0.1) is 5.82 Å². The first-order valence-corrected chi connectivity index (χ1v) is 9.74. The van der Waals surface area contributed by atoms with E-state index in [0.29, 0.717) is 24.5 Å². The number of ether oxygens (including phenoxy) is 1. The molecular formula is C16H21FN4O2S2. The summed E-state index contributed by atoms with van der Waals surface area (Å²) in [5.41, 5.74) is 6.46. The summed E-state index contributed by atoms with van der Waals surface area (Å²) in [6.07, 6.45) is 0.176. The van der Waals surface area contributed by atoms with E-state index in [1.807, 2.05) is 11.8 Å². The SMILES string of the molecule is NC(=S)NC[C@H]1CN(c2ccc(N3CCCSCC3)c(F)c2)C(=O)O1. The zero-order valence-electron chi connectivity index (χ0n) is 13.7. The van der Waals surface area contributed by atoms with Crippen molar-refractivity contribution in [2.24, 2.45) is 5.73 Å². The Morgan fingerprint density at radius 1 is 1.44 bits per heavy atom. The van der Waals surface area contributed by atoms with Gasteiger partial charge in [0.25, 0.3) is 0 Å². The molecule has 2 aliphatic rings. The summed E-state index contributed by atoms with van der Waals surface area (Å²) in [6, 6.07) is 4.91. The molecule has 9 heteroatoms. The summed E-state index contributed by atoms with van der Waals surface area (Å²) < 4.78 is 19.9. The standard InChI is InChI=1S/C16H21FN4O2S2/c17-13-8-11(2-3-14(13)20-4-1-6-25-7-5-20)21-10-12(23-16(21)22)9-19-15(18)24/h2-3,8,12H,1,4-7,9-10H2,(H3,18,19,24)/t12-/m0/s1. The maximum Gasteiger partial charge on any atom is 0.414 e. The average molecular weight is 385 g/mol. The summed E-state index contributed by atoms with van der Waals surface area (Å²) in [5, 5.41) is 2.93. The Morgan fingerprint density at radius 3 is 3.04 bits per heavy atom. The van der Waals surface area contributed by atoms with E-state index in [0.717, 1.165) is 31.0 Å². The van der Waals surface area contributed by atoms with Gasteiger partial charge in [-0.15, -0.1) is 0 Å². The van der Waals surface area contributed by atoms with Gasteiger partial charge >= 0.3 is 6.09 Å². The molecule has 0 spiro atoms. The number of carbonyl (C=O) groups excluding carboxylic acids is 1. The molecule has 1 atom stereocenters. The van der Waals surface area contributed by atoms with Crippen molar-refractivity contribution in [2.75, 3.05) is 47.5 Å². The molecule has 3 rings (SSSR count). The Balaban J connectivity index is 1.69. The predicted octanol–water partition coefficient (Wildman–Crippen LogP) is 1.93. The Hall–Kier alpha value is -1.74. The number of rotatable bonds is 4. The van der Waals surface area contributed by atoms with E-state index in [-0.39, 0.29) is 17.0 Å². The molecule has 0 unspecified atom stereocenters. The molecule has 136 valence electrons. The van der Waals surface area contributed by atoms with Crippen molar-refractivity contribution in [3.05, 3.63) is 24.0 Å². The zero-order valence-corrected chi connectivity index (χ0v) is 15.4. The topological polar surface area (TPSA) is 70.8 Å². The maximum atomic E-state index is 14.6. The van der Waals surface area contributed by atoms with Gasteiger partial charge in [0.2, 0.25) is 0 Å². The number of carbonyl (C=O) groups is 1. The van der Waals surface area contributed by atoms with E-state index in [4.69, 9.17) is 22.7 Å². The number of hydrogen-bond donors (Lipinski definition) is 2. The van der Waals surface area contributed by atoms with Crippen molar-refractivity contribution in [2.45, 2.75) is 12.5 Å². The van der Waals surface area contributed by atoms with Crippen molar-refractivity contribution in [3.8, 4) is 0 Å². The summed E-state index contributed by atoms with van der Waals surface area (Å²) in [6.45, 7) is 2.35. The van der Waals surface area contributed by atoms with Crippen LogP contribution in [-0.2, 0) is 4.74 Å². The zero-order chi connectivity index (χ0) is 17.8. The summed E-state index contributed by atoms with van der Waals surface area (Å²) in [4.78, 5) is 15.5. The largest absolute Gasteiger partial charge is 0.442 e. The molecule has 2 aliphatic heterocycles. The molecule has 1 amide bonds. The van der Waals surface area contributed by atoms with E-state index >= 15 is 0 Å². The third-order valence-corrected chi connectivity index (χ3v) is 5.38. The van der Waals surface area contributed by atoms with Crippen molar-refractivity contribution in [1.29, 1.82) is 0 Å². The molecule has 0 radical (unpaired) electrons. The smallest absolute Gasteiger partial charge is 0.414 e. The Kier molecular flexibility index (Phi) is 5.85. The summed E-state index contributed by atoms with van der Waals surface area (Å²) >= 11 is 6.64. The third-order valence-electron chi connectivity index (χ3n) is 4.18. The van der Waals surface area contributed by atoms with Crippen LogP contribution in [-0.4, -0.2) is 55.0 Å². The van der Waals surface area contributed by atoms with Gasteiger partial charge < -0.3 is 20.7 Å². The molecule has 0 bridgehead atoms. The van der Waals surface area contributed by atoms with Gasteiger partial charge in [-0.1, -0.05) is 0 Å². The lowest BCUT2D eigenvalue weighted by molar-refractivity contribution is 0.143. The maximum absolute atomic E-state index is 14.6. The lowest BCUT2D eigenvalue weighted by Gasteiger charge is -2.24. The minimum atomic E-state index is -0.493. The number of hydrogen-bond acceptors (Lipinski definition) is 5. The Morgan fingerprint density at radius 2 is 2.28 bits per heavy atom. The van der Waals surface area contributed by atoms with Gasteiger partial charge in [0.15, 0.2) is 5.11 Å². The van der Waals surface area contributed by atoms with E-state index in [1.165, 1.54) is 11.0 Å². The molecule has 2 saturated heterocycles. The lowest BCUT2D eigenvalue weighted by Crippen LogP contribution is -2.37. The quantitative estimate of drug-likeness (QED) is 0.769. The van der Waals surface area contributed by atoms with Gasteiger partial charge in [0, 0.05) is 18.8 Å². The minimum absolute atomic E-state index is 0.153. The van der Waals surface area contributed by atoms with Crippen molar-refractivity contribution < 1.29 is 13.9 Å². The highest BCUT2D eigenvalue weighted by atomic mass is 32.2. The van der Waals surface area contributed by atoms with Gasteiger partial charge in [0.05, 0.1) is 24.5 Å². The van der Waals surface area contributed by atoms with Gasteiger partial charge in [-0.05, 0) is 42.6 Å². The minimum Gasteiger partial charge on any atom is -0.442 e. The molecule has 1 aromatic rings. The average Bonchev–Trinajstić information content (AvgIpc) is 2.78. The number of benzene rings is 1. The second-order valence-electron chi connectivity index (χ2n) is 5.95. The van der Waals surface area contributed by atoms with Gasteiger partial charge in [0.1, 0.15) is 11.9 Å². The molecule has 1 aromatic carbocycles. The Labute approximate surface area is 155 Å². The van der Waals surface area contributed by atoms with E-state index in [2.05, 4.69) is 10.2 Å².